The molecule has 0 radical (unpaired) electrons. The predicted octanol–water partition coefficient (Wildman–Crippen LogP) is 6.28. The average Bonchev–Trinajstić information content (AvgIpc) is 2.74. The van der Waals surface area contributed by atoms with Crippen LogP contribution in [0.25, 0.3) is 0 Å². The number of hydrogen-bond acceptors (Lipinski definition) is 5. The summed E-state index contributed by atoms with van der Waals surface area (Å²) in [4.78, 5) is 23.4. The molecule has 33 heavy (non-hydrogen) atoms. The number of nitrogens with one attached hydrogen (secondary N) is 1. The Bertz CT molecular complexity index is 432. The third kappa shape index (κ3) is 28.8. The molecule has 0 saturated heterocycles. The van der Waals surface area contributed by atoms with Crippen molar-refractivity contribution in [3.63, 3.8) is 0 Å². The Balaban J connectivity index is -0.00000113. The first-order valence-electron chi connectivity index (χ1n) is 13.1. The zero-order chi connectivity index (χ0) is 24.6. The van der Waals surface area contributed by atoms with Crippen molar-refractivity contribution >= 4 is 11.9 Å². The molecule has 7 nitrogen and oxygen atoms in total. The largest absolute Gasteiger partial charge is 0.479 e. The van der Waals surface area contributed by atoms with E-state index in [1.165, 1.54) is 96.8 Å². The van der Waals surface area contributed by atoms with E-state index in [1.807, 2.05) is 14.1 Å². The number of rotatable bonds is 20. The molecule has 6 N–H and O–H groups in total. The van der Waals surface area contributed by atoms with Crippen molar-refractivity contribution in [2.45, 2.75) is 142 Å². The van der Waals surface area contributed by atoms with Gasteiger partial charge in [-0.3, -0.25) is 9.69 Å². The summed E-state index contributed by atoms with van der Waals surface area (Å²) in [6, 6.07) is 0. The number of nitrogens with zero attached hydrogens (tertiary/aromatic N) is 1. The molecule has 0 spiro atoms. The van der Waals surface area contributed by atoms with Gasteiger partial charge in [0.15, 0.2) is 0 Å². The van der Waals surface area contributed by atoms with Crippen LogP contribution in [0.3, 0.4) is 0 Å². The Morgan fingerprint density at radius 3 is 1.36 bits per heavy atom. The zero-order valence-electron chi connectivity index (χ0n) is 22.5. The molecule has 200 valence electrons. The average molecular weight is 476 g/mol. The maximum atomic E-state index is 11.9. The summed E-state index contributed by atoms with van der Waals surface area (Å²) in [5.41, 5.74) is 0. The molecule has 0 heterocycles. The van der Waals surface area contributed by atoms with Crippen LogP contribution in [0.1, 0.15) is 130 Å². The van der Waals surface area contributed by atoms with Crippen LogP contribution in [0.5, 0.6) is 0 Å². The lowest BCUT2D eigenvalue weighted by Gasteiger charge is -2.23. The van der Waals surface area contributed by atoms with Gasteiger partial charge in [0.25, 0.3) is 0 Å². The number of amides is 1. The molecule has 0 aromatic rings. The van der Waals surface area contributed by atoms with E-state index >= 15 is 0 Å². The second kappa shape index (κ2) is 27.1. The monoisotopic (exact) mass is 475 g/mol. The lowest BCUT2D eigenvalue weighted by molar-refractivity contribution is -0.145. The molecule has 0 saturated carbocycles. The van der Waals surface area contributed by atoms with Crippen molar-refractivity contribution in [3.8, 4) is 0 Å². The van der Waals surface area contributed by atoms with Crippen molar-refractivity contribution < 1.29 is 19.8 Å². The molecular formula is C26H57N3O4. The van der Waals surface area contributed by atoms with Crippen molar-refractivity contribution in [1.82, 2.24) is 16.4 Å². The van der Waals surface area contributed by atoms with E-state index < -0.39 is 12.1 Å². The highest BCUT2D eigenvalue weighted by Gasteiger charge is 2.11. The van der Waals surface area contributed by atoms with Gasteiger partial charge in [-0.1, -0.05) is 104 Å². The predicted molar refractivity (Wildman–Crippen MR) is 140 cm³/mol. The topological polar surface area (TPSA) is 125 Å². The van der Waals surface area contributed by atoms with Crippen molar-refractivity contribution in [3.05, 3.63) is 0 Å². The van der Waals surface area contributed by atoms with Crippen LogP contribution in [-0.4, -0.2) is 53.4 Å². The molecule has 2 atom stereocenters. The fraction of sp³-hybridized carbons (Fsp3) is 0.923. The lowest BCUT2D eigenvalue weighted by atomic mass is 10.0. The van der Waals surface area contributed by atoms with Crippen LogP contribution < -0.4 is 11.5 Å². The van der Waals surface area contributed by atoms with Crippen LogP contribution in [0.2, 0.25) is 0 Å². The Morgan fingerprint density at radius 2 is 1.09 bits per heavy atom. The summed E-state index contributed by atoms with van der Waals surface area (Å²) >= 11 is 0. The number of carboxylic acids is 1. The third-order valence-electron chi connectivity index (χ3n) is 5.70. The van der Waals surface area contributed by atoms with Crippen LogP contribution in [0.4, 0.5) is 0 Å². The van der Waals surface area contributed by atoms with Crippen molar-refractivity contribution in [1.29, 1.82) is 0 Å². The smallest absolute Gasteiger partial charge is 0.332 e. The fourth-order valence-electron chi connectivity index (χ4n) is 3.51. The Kier molecular flexibility index (Phi) is 29.8. The third-order valence-corrected chi connectivity index (χ3v) is 5.70. The van der Waals surface area contributed by atoms with Gasteiger partial charge in [0.05, 0.1) is 6.17 Å². The standard InChI is InChI=1S/C23H48N2O.C3H6O3.H3N/c1-5-7-8-9-10-11-12-13-14-15-16-17-18-19-20-21-23(26)24-22(6-2)25(3)4;1-2(4)3(5)6;/h22H,5-21H2,1-4H3,(H,24,26);2,4H,1H3,(H,5,6);1H3. The molecule has 7 heteroatoms. The van der Waals surface area contributed by atoms with Crippen molar-refractivity contribution in [2.75, 3.05) is 14.1 Å². The summed E-state index contributed by atoms with van der Waals surface area (Å²) < 4.78 is 0. The Labute approximate surface area is 204 Å². The van der Waals surface area contributed by atoms with Gasteiger partial charge in [-0.2, -0.15) is 0 Å². The van der Waals surface area contributed by atoms with Gasteiger partial charge in [-0.25, -0.2) is 4.79 Å². The molecule has 0 aromatic carbocycles. The quantitative estimate of drug-likeness (QED) is 0.121. The molecule has 0 bridgehead atoms. The van der Waals surface area contributed by atoms with Crippen LogP contribution in [-0.2, 0) is 9.59 Å². The number of hydrogen-bond donors (Lipinski definition) is 4. The van der Waals surface area contributed by atoms with E-state index in [1.54, 1.807) is 0 Å². The molecule has 0 aromatic heterocycles. The lowest BCUT2D eigenvalue weighted by Crippen LogP contribution is -2.44. The number of carbonyl (C=O) groups excluding carboxylic acids is 1. The molecule has 0 aliphatic heterocycles. The number of aliphatic hydroxyl groups is 1. The second-order valence-electron chi connectivity index (χ2n) is 9.17. The highest BCUT2D eigenvalue weighted by Crippen LogP contribution is 2.13. The summed E-state index contributed by atoms with van der Waals surface area (Å²) in [5.74, 6) is -0.977. The maximum Gasteiger partial charge on any atom is 0.332 e. The van der Waals surface area contributed by atoms with Crippen molar-refractivity contribution in [2.24, 2.45) is 0 Å². The van der Waals surface area contributed by atoms with Gasteiger partial charge in [0, 0.05) is 6.42 Å². The van der Waals surface area contributed by atoms with E-state index in [2.05, 4.69) is 24.1 Å². The summed E-state index contributed by atoms with van der Waals surface area (Å²) in [5, 5.41) is 18.9. The molecule has 1 amide bonds. The highest BCUT2D eigenvalue weighted by atomic mass is 16.4. The molecule has 2 unspecified atom stereocenters. The molecule has 0 aliphatic carbocycles. The SMILES string of the molecule is CC(O)C(=O)O.CCCCCCCCCCCCCCCCCC(=O)NC(CC)N(C)C.N. The minimum absolute atomic E-state index is 0. The first-order chi connectivity index (χ1) is 15.3. The first-order valence-corrected chi connectivity index (χ1v) is 13.1. The number of unbranched alkanes of at least 4 members (excludes halogenated alkanes) is 14. The van der Waals surface area contributed by atoms with E-state index in [0.29, 0.717) is 6.42 Å². The van der Waals surface area contributed by atoms with E-state index in [4.69, 9.17) is 10.2 Å². The molecular weight excluding hydrogens is 418 g/mol. The van der Waals surface area contributed by atoms with Crippen LogP contribution in [0.15, 0.2) is 0 Å². The molecule has 0 rings (SSSR count). The van der Waals surface area contributed by atoms with Gasteiger partial charge < -0.3 is 21.7 Å². The minimum atomic E-state index is -1.23. The number of aliphatic hydroxyl groups excluding tert-OH is 1. The van der Waals surface area contributed by atoms with E-state index in [9.17, 15) is 9.59 Å². The molecule has 0 fully saturated rings. The summed E-state index contributed by atoms with van der Waals surface area (Å²) in [6.07, 6.45) is 21.0. The minimum Gasteiger partial charge on any atom is -0.479 e. The zero-order valence-corrected chi connectivity index (χ0v) is 22.5. The number of carboxylic acid groups (broad SMARTS) is 1. The number of carbonyl (C=O) groups is 2. The van der Waals surface area contributed by atoms with Gasteiger partial charge in [-0.15, -0.1) is 0 Å². The highest BCUT2D eigenvalue weighted by molar-refractivity contribution is 5.76. The van der Waals surface area contributed by atoms with Gasteiger partial charge in [-0.05, 0) is 33.9 Å². The van der Waals surface area contributed by atoms with E-state index in [-0.39, 0.29) is 18.2 Å². The summed E-state index contributed by atoms with van der Waals surface area (Å²) in [6.45, 7) is 5.59. The van der Waals surface area contributed by atoms with Gasteiger partial charge in [0.2, 0.25) is 5.91 Å². The van der Waals surface area contributed by atoms with E-state index in [0.717, 1.165) is 12.8 Å². The Hall–Kier alpha value is -1.18. The summed E-state index contributed by atoms with van der Waals surface area (Å²) in [7, 11) is 4.03. The first kappa shape index (κ1) is 36.4. The van der Waals surface area contributed by atoms with Crippen LogP contribution in [0, 0.1) is 0 Å². The molecule has 0 aliphatic rings. The number of aliphatic carboxylic acids is 1. The van der Waals surface area contributed by atoms with Gasteiger partial charge >= 0.3 is 5.97 Å². The Morgan fingerprint density at radius 1 is 0.758 bits per heavy atom. The maximum absolute atomic E-state index is 11.9. The van der Waals surface area contributed by atoms with Crippen LogP contribution >= 0.6 is 0 Å². The fourth-order valence-corrected chi connectivity index (χ4v) is 3.51. The second-order valence-corrected chi connectivity index (χ2v) is 9.17. The van der Waals surface area contributed by atoms with Gasteiger partial charge in [0.1, 0.15) is 6.10 Å². The normalized spacial score (nSPS) is 12.3.